The van der Waals surface area contributed by atoms with Gasteiger partial charge in [-0.3, -0.25) is 4.79 Å². The Kier molecular flexibility index (Phi) is 7.06. The van der Waals surface area contributed by atoms with Gasteiger partial charge in [-0.1, -0.05) is 18.2 Å². The molecular formula is C24H25F6NO3S. The summed E-state index contributed by atoms with van der Waals surface area (Å²) in [7, 11) is -4.25. The number of nitrogens with zero attached hydrogens (tertiary/aromatic N) is 1. The average Bonchev–Trinajstić information content (AvgIpc) is 2.77. The number of hydrogen-bond acceptors (Lipinski definition) is 3. The number of piperidine rings is 1. The summed E-state index contributed by atoms with van der Waals surface area (Å²) in [6, 6.07) is 7.48. The van der Waals surface area contributed by atoms with E-state index in [2.05, 4.69) is 0 Å². The third-order valence-corrected chi connectivity index (χ3v) is 9.36. The van der Waals surface area contributed by atoms with E-state index in [0.29, 0.717) is 11.6 Å². The molecule has 1 heterocycles. The van der Waals surface area contributed by atoms with E-state index in [1.165, 1.54) is 30.9 Å². The van der Waals surface area contributed by atoms with Gasteiger partial charge in [0.25, 0.3) is 0 Å². The lowest BCUT2D eigenvalue weighted by Crippen LogP contribution is -2.49. The normalized spacial score (nSPS) is 19.1. The molecule has 0 radical (unpaired) electrons. The molecule has 1 amide bonds. The molecular weight excluding hydrogens is 496 g/mol. The minimum absolute atomic E-state index is 0.0997. The SMILES string of the molecule is C[C@H](c1cccc(C(F)(F)F)c1)N1CC[C@H](C(C)(C)S(=O)(=O)c2cccc(C(F)(F)F)c2)CC1=O. The lowest BCUT2D eigenvalue weighted by atomic mass is 9.84. The molecule has 0 aromatic heterocycles. The number of amides is 1. The molecule has 1 saturated heterocycles. The minimum Gasteiger partial charge on any atom is -0.336 e. The lowest BCUT2D eigenvalue weighted by Gasteiger charge is -2.42. The molecule has 0 N–H and O–H groups in total. The number of carbonyl (C=O) groups excluding carboxylic acids is 1. The molecule has 2 aromatic carbocycles. The predicted molar refractivity (Wildman–Crippen MR) is 117 cm³/mol. The Morgan fingerprint density at radius 2 is 1.46 bits per heavy atom. The van der Waals surface area contributed by atoms with Crippen LogP contribution in [0.2, 0.25) is 0 Å². The van der Waals surface area contributed by atoms with Crippen molar-refractivity contribution in [1.29, 1.82) is 0 Å². The summed E-state index contributed by atoms with van der Waals surface area (Å²) in [4.78, 5) is 13.9. The Morgan fingerprint density at radius 1 is 0.914 bits per heavy atom. The fraction of sp³-hybridized carbons (Fsp3) is 0.458. The molecule has 35 heavy (non-hydrogen) atoms. The Balaban J connectivity index is 1.82. The van der Waals surface area contributed by atoms with Crippen molar-refractivity contribution < 1.29 is 39.6 Å². The molecule has 3 rings (SSSR count). The van der Waals surface area contributed by atoms with Gasteiger partial charge in [0.15, 0.2) is 9.84 Å². The highest BCUT2D eigenvalue weighted by Gasteiger charge is 2.47. The number of carbonyl (C=O) groups is 1. The second-order valence-electron chi connectivity index (χ2n) is 9.21. The average molecular weight is 522 g/mol. The molecule has 0 aliphatic carbocycles. The van der Waals surface area contributed by atoms with Crippen LogP contribution in [0.25, 0.3) is 0 Å². The van der Waals surface area contributed by atoms with Gasteiger partial charge in [-0.25, -0.2) is 8.42 Å². The van der Waals surface area contributed by atoms with Crippen molar-refractivity contribution in [2.24, 2.45) is 5.92 Å². The van der Waals surface area contributed by atoms with Crippen molar-refractivity contribution in [1.82, 2.24) is 4.90 Å². The molecule has 2 atom stereocenters. The van der Waals surface area contributed by atoms with Gasteiger partial charge in [-0.05, 0) is 69.0 Å². The number of benzene rings is 2. The third kappa shape index (κ3) is 5.34. The van der Waals surface area contributed by atoms with Crippen molar-refractivity contribution in [3.8, 4) is 0 Å². The van der Waals surface area contributed by atoms with E-state index in [-0.39, 0.29) is 19.4 Å². The Morgan fingerprint density at radius 3 is 2.00 bits per heavy atom. The topological polar surface area (TPSA) is 54.5 Å². The zero-order valence-corrected chi connectivity index (χ0v) is 20.1. The first-order valence-electron chi connectivity index (χ1n) is 10.8. The molecule has 1 aliphatic heterocycles. The molecule has 0 bridgehead atoms. The summed E-state index contributed by atoms with van der Waals surface area (Å²) < 4.78 is 104. The first-order chi connectivity index (χ1) is 16.0. The van der Waals surface area contributed by atoms with Gasteiger partial charge in [0.1, 0.15) is 0 Å². The quantitative estimate of drug-likeness (QED) is 0.436. The third-order valence-electron chi connectivity index (χ3n) is 6.77. The fourth-order valence-corrected chi connectivity index (χ4v) is 6.16. The van der Waals surface area contributed by atoms with Crippen LogP contribution in [-0.4, -0.2) is 30.5 Å². The summed E-state index contributed by atoms with van der Waals surface area (Å²) in [5.41, 5.74) is -1.63. The van der Waals surface area contributed by atoms with Crippen LogP contribution in [-0.2, 0) is 27.0 Å². The van der Waals surface area contributed by atoms with Gasteiger partial charge in [0, 0.05) is 13.0 Å². The molecule has 0 saturated carbocycles. The standard InChI is InChI=1S/C24H25F6NO3S/c1-15(16-6-4-7-18(12-16)23(25,26)27)31-11-10-17(14-21(31)32)22(2,3)35(33,34)20-9-5-8-19(13-20)24(28,29)30/h4-9,12-13,15,17H,10-11,14H2,1-3H3/t15-,17+/m1/s1. The van der Waals surface area contributed by atoms with Crippen molar-refractivity contribution in [3.63, 3.8) is 0 Å². The summed E-state index contributed by atoms with van der Waals surface area (Å²) in [5.74, 6) is -1.13. The van der Waals surface area contributed by atoms with Gasteiger partial charge < -0.3 is 4.90 Å². The van der Waals surface area contributed by atoms with Crippen LogP contribution in [0.5, 0.6) is 0 Å². The Bertz CT molecular complexity index is 1200. The van der Waals surface area contributed by atoms with Crippen molar-refractivity contribution in [2.75, 3.05) is 6.54 Å². The number of alkyl halides is 6. The van der Waals surface area contributed by atoms with Gasteiger partial charge in [0.05, 0.1) is 26.8 Å². The Labute approximate surface area is 199 Å². The maximum Gasteiger partial charge on any atom is 0.416 e. The van der Waals surface area contributed by atoms with Crippen molar-refractivity contribution in [3.05, 3.63) is 65.2 Å². The van der Waals surface area contributed by atoms with Crippen molar-refractivity contribution >= 4 is 15.7 Å². The summed E-state index contributed by atoms with van der Waals surface area (Å²) >= 11 is 0. The molecule has 4 nitrogen and oxygen atoms in total. The number of rotatable bonds is 5. The molecule has 0 unspecified atom stereocenters. The van der Waals surface area contributed by atoms with Gasteiger partial charge in [0.2, 0.25) is 5.91 Å². The molecule has 0 spiro atoms. The van der Waals surface area contributed by atoms with Crippen molar-refractivity contribution in [2.45, 2.75) is 61.6 Å². The van der Waals surface area contributed by atoms with Crippen LogP contribution in [0.3, 0.4) is 0 Å². The van der Waals surface area contributed by atoms with E-state index in [0.717, 1.165) is 30.3 Å². The zero-order chi connectivity index (χ0) is 26.4. The highest BCUT2D eigenvalue weighted by Crippen LogP contribution is 2.41. The zero-order valence-electron chi connectivity index (χ0n) is 19.2. The fourth-order valence-electron chi connectivity index (χ4n) is 4.37. The Hall–Kier alpha value is -2.56. The number of halogens is 6. The van der Waals surface area contributed by atoms with Crippen LogP contribution >= 0.6 is 0 Å². The maximum atomic E-state index is 13.3. The number of likely N-dealkylation sites (tertiary alicyclic amines) is 1. The smallest absolute Gasteiger partial charge is 0.336 e. The highest BCUT2D eigenvalue weighted by atomic mass is 32.2. The number of sulfone groups is 1. The van der Waals surface area contributed by atoms with E-state index in [9.17, 15) is 39.6 Å². The molecule has 192 valence electrons. The lowest BCUT2D eigenvalue weighted by molar-refractivity contribution is -0.138. The summed E-state index contributed by atoms with van der Waals surface area (Å²) in [5, 5.41) is 0. The van der Waals surface area contributed by atoms with E-state index in [1.54, 1.807) is 6.92 Å². The van der Waals surface area contributed by atoms with Crippen LogP contribution < -0.4 is 0 Å². The molecule has 1 aliphatic rings. The van der Waals surface area contributed by atoms with Crippen LogP contribution in [0.4, 0.5) is 26.3 Å². The minimum atomic E-state index is -4.71. The summed E-state index contributed by atoms with van der Waals surface area (Å²) in [6.45, 7) is 4.46. The predicted octanol–water partition coefficient (Wildman–Crippen LogP) is 6.28. The largest absolute Gasteiger partial charge is 0.416 e. The molecule has 11 heteroatoms. The number of hydrogen-bond donors (Lipinski definition) is 0. The second-order valence-corrected chi connectivity index (χ2v) is 11.7. The second kappa shape index (κ2) is 9.15. The van der Waals surface area contributed by atoms with Gasteiger partial charge in [-0.15, -0.1) is 0 Å². The first kappa shape index (κ1) is 27.0. The van der Waals surface area contributed by atoms with Gasteiger partial charge in [-0.2, -0.15) is 26.3 Å². The van der Waals surface area contributed by atoms with Crippen LogP contribution in [0, 0.1) is 5.92 Å². The van der Waals surface area contributed by atoms with Crippen LogP contribution in [0.15, 0.2) is 53.4 Å². The molecule has 2 aromatic rings. The van der Waals surface area contributed by atoms with E-state index in [4.69, 9.17) is 0 Å². The first-order valence-corrected chi connectivity index (χ1v) is 12.3. The molecule has 1 fully saturated rings. The van der Waals surface area contributed by atoms with Gasteiger partial charge >= 0.3 is 12.4 Å². The van der Waals surface area contributed by atoms with E-state index < -0.39 is 60.8 Å². The van der Waals surface area contributed by atoms with E-state index >= 15 is 0 Å². The van der Waals surface area contributed by atoms with E-state index in [1.807, 2.05) is 0 Å². The summed E-state index contributed by atoms with van der Waals surface area (Å²) in [6.07, 6.45) is -9.22. The monoisotopic (exact) mass is 521 g/mol. The highest BCUT2D eigenvalue weighted by molar-refractivity contribution is 7.92. The maximum absolute atomic E-state index is 13.3. The van der Waals surface area contributed by atoms with Crippen LogP contribution in [0.1, 0.15) is 56.3 Å².